The highest BCUT2D eigenvalue weighted by atomic mass is 15.2. The summed E-state index contributed by atoms with van der Waals surface area (Å²) >= 11 is 0. The van der Waals surface area contributed by atoms with Crippen LogP contribution in [0.15, 0.2) is 0 Å². The fourth-order valence-electron chi connectivity index (χ4n) is 3.24. The van der Waals surface area contributed by atoms with Crippen molar-refractivity contribution in [2.45, 2.75) is 45.2 Å². The van der Waals surface area contributed by atoms with Crippen LogP contribution in [0.4, 0.5) is 0 Å². The molecule has 0 radical (unpaired) electrons. The Balaban J connectivity index is 1.78. The Labute approximate surface area is 107 Å². The predicted octanol–water partition coefficient (Wildman–Crippen LogP) is 1.40. The van der Waals surface area contributed by atoms with E-state index in [4.69, 9.17) is 0 Å². The van der Waals surface area contributed by atoms with Crippen LogP contribution in [0, 0.1) is 5.92 Å². The standard InChI is InChI=1S/C14H29N3/c1-12-4-8-17(9-5-13(2)15-12)11-14-6-7-16(3)10-14/h12-15H,4-11H2,1-3H3. The molecule has 2 aliphatic rings. The van der Waals surface area contributed by atoms with E-state index in [0.29, 0.717) is 12.1 Å². The Morgan fingerprint density at radius 3 is 2.18 bits per heavy atom. The molecule has 2 rings (SSSR count). The molecule has 0 bridgehead atoms. The molecule has 2 saturated heterocycles. The van der Waals surface area contributed by atoms with Crippen LogP contribution in [0.25, 0.3) is 0 Å². The highest BCUT2D eigenvalue weighted by Gasteiger charge is 2.23. The molecule has 1 N–H and O–H groups in total. The van der Waals surface area contributed by atoms with Crippen LogP contribution < -0.4 is 5.32 Å². The van der Waals surface area contributed by atoms with Crippen LogP contribution in [0.5, 0.6) is 0 Å². The molecule has 3 unspecified atom stereocenters. The van der Waals surface area contributed by atoms with Crippen LogP contribution in [0.3, 0.4) is 0 Å². The van der Waals surface area contributed by atoms with Crippen molar-refractivity contribution in [3.8, 4) is 0 Å². The normalized spacial score (nSPS) is 37.9. The predicted molar refractivity (Wildman–Crippen MR) is 73.3 cm³/mol. The van der Waals surface area contributed by atoms with Crippen molar-refractivity contribution < 1.29 is 0 Å². The van der Waals surface area contributed by atoms with Crippen molar-refractivity contribution >= 4 is 0 Å². The van der Waals surface area contributed by atoms with Crippen LogP contribution in [-0.4, -0.2) is 61.7 Å². The van der Waals surface area contributed by atoms with Gasteiger partial charge in [-0.1, -0.05) is 0 Å². The molecule has 2 aliphatic heterocycles. The largest absolute Gasteiger partial charge is 0.312 e. The molecule has 0 spiro atoms. The molecule has 0 aliphatic carbocycles. The number of likely N-dealkylation sites (tertiary alicyclic amines) is 1. The second-order valence-electron chi connectivity index (χ2n) is 6.26. The van der Waals surface area contributed by atoms with Gasteiger partial charge in [-0.2, -0.15) is 0 Å². The number of hydrogen-bond acceptors (Lipinski definition) is 3. The van der Waals surface area contributed by atoms with Crippen LogP contribution in [-0.2, 0) is 0 Å². The smallest absolute Gasteiger partial charge is 0.00533 e. The molecule has 3 nitrogen and oxygen atoms in total. The van der Waals surface area contributed by atoms with Gasteiger partial charge in [0.25, 0.3) is 0 Å². The molecule has 0 saturated carbocycles. The molecule has 0 aromatic heterocycles. The van der Waals surface area contributed by atoms with Crippen LogP contribution in [0.1, 0.15) is 33.1 Å². The summed E-state index contributed by atoms with van der Waals surface area (Å²) in [5, 5.41) is 3.67. The number of nitrogens with one attached hydrogen (secondary N) is 1. The first-order chi connectivity index (χ1) is 8.13. The van der Waals surface area contributed by atoms with Crippen molar-refractivity contribution in [1.82, 2.24) is 15.1 Å². The molecule has 3 heteroatoms. The van der Waals surface area contributed by atoms with Gasteiger partial charge >= 0.3 is 0 Å². The van der Waals surface area contributed by atoms with E-state index in [1.54, 1.807) is 0 Å². The van der Waals surface area contributed by atoms with Gasteiger partial charge in [-0.15, -0.1) is 0 Å². The Bertz CT molecular complexity index is 220. The van der Waals surface area contributed by atoms with E-state index >= 15 is 0 Å². The van der Waals surface area contributed by atoms with E-state index in [0.717, 1.165) is 5.92 Å². The lowest BCUT2D eigenvalue weighted by Gasteiger charge is -2.32. The molecule has 0 aromatic rings. The molecule has 0 aromatic carbocycles. The van der Waals surface area contributed by atoms with Crippen LogP contribution in [0.2, 0.25) is 0 Å². The van der Waals surface area contributed by atoms with E-state index in [2.05, 4.69) is 36.0 Å². The van der Waals surface area contributed by atoms with Gasteiger partial charge < -0.3 is 15.1 Å². The maximum atomic E-state index is 3.67. The third-order valence-corrected chi connectivity index (χ3v) is 4.33. The Kier molecular flexibility index (Phi) is 4.83. The second kappa shape index (κ2) is 6.17. The average Bonchev–Trinajstić information content (AvgIpc) is 2.66. The number of nitrogens with zero attached hydrogens (tertiary/aromatic N) is 2. The Morgan fingerprint density at radius 1 is 1.00 bits per heavy atom. The maximum Gasteiger partial charge on any atom is 0.00533 e. The zero-order valence-corrected chi connectivity index (χ0v) is 11.8. The zero-order chi connectivity index (χ0) is 12.3. The van der Waals surface area contributed by atoms with Crippen molar-refractivity contribution in [2.24, 2.45) is 5.92 Å². The quantitative estimate of drug-likeness (QED) is 0.786. The maximum absolute atomic E-state index is 3.67. The molecule has 100 valence electrons. The van der Waals surface area contributed by atoms with Gasteiger partial charge in [0, 0.05) is 25.2 Å². The molecule has 2 heterocycles. The fourth-order valence-corrected chi connectivity index (χ4v) is 3.24. The molecule has 2 fully saturated rings. The third kappa shape index (κ3) is 4.23. The molecule has 0 amide bonds. The van der Waals surface area contributed by atoms with Gasteiger partial charge in [-0.3, -0.25) is 0 Å². The summed E-state index contributed by atoms with van der Waals surface area (Å²) in [6, 6.07) is 1.36. The summed E-state index contributed by atoms with van der Waals surface area (Å²) in [7, 11) is 2.25. The summed E-state index contributed by atoms with van der Waals surface area (Å²) in [5.74, 6) is 0.915. The fraction of sp³-hybridized carbons (Fsp3) is 1.00. The lowest BCUT2D eigenvalue weighted by molar-refractivity contribution is 0.191. The van der Waals surface area contributed by atoms with E-state index in [9.17, 15) is 0 Å². The van der Waals surface area contributed by atoms with Gasteiger partial charge in [0.1, 0.15) is 0 Å². The first kappa shape index (κ1) is 13.3. The van der Waals surface area contributed by atoms with E-state index in [1.165, 1.54) is 52.0 Å². The van der Waals surface area contributed by atoms with E-state index < -0.39 is 0 Å². The van der Waals surface area contributed by atoms with Gasteiger partial charge in [0.2, 0.25) is 0 Å². The third-order valence-electron chi connectivity index (χ3n) is 4.33. The Hall–Kier alpha value is -0.120. The lowest BCUT2D eigenvalue weighted by atomic mass is 10.1. The topological polar surface area (TPSA) is 18.5 Å². The minimum absolute atomic E-state index is 0.680. The summed E-state index contributed by atoms with van der Waals surface area (Å²) in [6.07, 6.45) is 4.00. The lowest BCUT2D eigenvalue weighted by Crippen LogP contribution is -2.44. The van der Waals surface area contributed by atoms with Crippen molar-refractivity contribution in [3.63, 3.8) is 0 Å². The van der Waals surface area contributed by atoms with E-state index in [1.807, 2.05) is 0 Å². The average molecular weight is 239 g/mol. The van der Waals surface area contributed by atoms with Gasteiger partial charge in [0.15, 0.2) is 0 Å². The van der Waals surface area contributed by atoms with Crippen molar-refractivity contribution in [3.05, 3.63) is 0 Å². The van der Waals surface area contributed by atoms with Crippen molar-refractivity contribution in [1.29, 1.82) is 0 Å². The second-order valence-corrected chi connectivity index (χ2v) is 6.26. The Morgan fingerprint density at radius 2 is 1.65 bits per heavy atom. The summed E-state index contributed by atoms with van der Waals surface area (Å²) in [6.45, 7) is 11.1. The first-order valence-electron chi connectivity index (χ1n) is 7.30. The first-order valence-corrected chi connectivity index (χ1v) is 7.30. The molecule has 3 atom stereocenters. The summed E-state index contributed by atoms with van der Waals surface area (Å²) in [5.41, 5.74) is 0. The number of hydrogen-bond donors (Lipinski definition) is 1. The molecule has 17 heavy (non-hydrogen) atoms. The minimum atomic E-state index is 0.680. The zero-order valence-electron chi connectivity index (χ0n) is 11.8. The highest BCUT2D eigenvalue weighted by Crippen LogP contribution is 2.17. The summed E-state index contributed by atoms with van der Waals surface area (Å²) < 4.78 is 0. The molecular formula is C14H29N3. The SMILES string of the molecule is CC1CCN(CC2CCN(C)C2)CCC(C)N1. The van der Waals surface area contributed by atoms with Gasteiger partial charge in [-0.25, -0.2) is 0 Å². The minimum Gasteiger partial charge on any atom is -0.312 e. The highest BCUT2D eigenvalue weighted by molar-refractivity contribution is 4.80. The van der Waals surface area contributed by atoms with Crippen LogP contribution >= 0.6 is 0 Å². The number of rotatable bonds is 2. The molecular weight excluding hydrogens is 210 g/mol. The van der Waals surface area contributed by atoms with Gasteiger partial charge in [0.05, 0.1) is 0 Å². The monoisotopic (exact) mass is 239 g/mol. The van der Waals surface area contributed by atoms with Crippen molar-refractivity contribution in [2.75, 3.05) is 39.8 Å². The van der Waals surface area contributed by atoms with Gasteiger partial charge in [-0.05, 0) is 65.7 Å². The van der Waals surface area contributed by atoms with E-state index in [-0.39, 0.29) is 0 Å². The summed E-state index contributed by atoms with van der Waals surface area (Å²) in [4.78, 5) is 5.18.